The van der Waals surface area contributed by atoms with E-state index in [0.717, 1.165) is 44.8 Å². The van der Waals surface area contributed by atoms with Gasteiger partial charge in [0, 0.05) is 37.9 Å². The Balaban J connectivity index is 1.47. The van der Waals surface area contributed by atoms with Crippen LogP contribution in [0.3, 0.4) is 0 Å². The van der Waals surface area contributed by atoms with Crippen molar-refractivity contribution in [3.63, 3.8) is 0 Å². The topological polar surface area (TPSA) is 56.8 Å². The molecule has 2 saturated heterocycles. The highest BCUT2D eigenvalue weighted by atomic mass is 16.5. The van der Waals surface area contributed by atoms with E-state index in [0.29, 0.717) is 0 Å². The van der Waals surface area contributed by atoms with Crippen molar-refractivity contribution in [2.24, 2.45) is 5.92 Å². The van der Waals surface area contributed by atoms with Crippen LogP contribution in [0.25, 0.3) is 0 Å². The molecule has 2 fully saturated rings. The number of rotatable bonds is 8. The van der Waals surface area contributed by atoms with Gasteiger partial charge in [-0.1, -0.05) is 32.6 Å². The molecule has 6 heteroatoms. The van der Waals surface area contributed by atoms with Crippen LogP contribution in [0.1, 0.15) is 46.0 Å². The van der Waals surface area contributed by atoms with Crippen LogP contribution in [0.2, 0.25) is 0 Å². The van der Waals surface area contributed by atoms with Gasteiger partial charge >= 0.3 is 0 Å². The highest BCUT2D eigenvalue weighted by molar-refractivity contribution is 5.80. The van der Waals surface area contributed by atoms with Crippen molar-refractivity contribution < 1.29 is 9.53 Å². The molecule has 1 amide bonds. The summed E-state index contributed by atoms with van der Waals surface area (Å²) in [5.41, 5.74) is 1.22. The van der Waals surface area contributed by atoms with E-state index in [2.05, 4.69) is 46.4 Å². The van der Waals surface area contributed by atoms with Gasteiger partial charge < -0.3 is 15.0 Å². The summed E-state index contributed by atoms with van der Waals surface area (Å²) in [4.78, 5) is 17.4. The maximum Gasteiger partial charge on any atom is 0.226 e. The molecule has 2 N–H and O–H groups in total. The van der Waals surface area contributed by atoms with Crippen molar-refractivity contribution >= 4 is 11.6 Å². The fourth-order valence-corrected chi connectivity index (χ4v) is 4.28. The summed E-state index contributed by atoms with van der Waals surface area (Å²) < 4.78 is 5.24. The van der Waals surface area contributed by atoms with Crippen molar-refractivity contribution in [1.82, 2.24) is 15.5 Å². The Hall–Kier alpha value is -1.79. The van der Waals surface area contributed by atoms with Gasteiger partial charge in [-0.3, -0.25) is 15.0 Å². The molecule has 2 aliphatic rings. The van der Waals surface area contributed by atoms with E-state index in [4.69, 9.17) is 4.74 Å². The van der Waals surface area contributed by atoms with Crippen molar-refractivity contribution in [2.45, 2.75) is 58.3 Å². The van der Waals surface area contributed by atoms with Gasteiger partial charge in [0.05, 0.1) is 13.0 Å². The van der Waals surface area contributed by atoms with E-state index in [9.17, 15) is 4.79 Å². The molecule has 1 aromatic carbocycles. The molecule has 0 radical (unpaired) electrons. The zero-order valence-corrected chi connectivity index (χ0v) is 17.6. The van der Waals surface area contributed by atoms with E-state index in [1.165, 1.54) is 24.9 Å². The lowest BCUT2D eigenvalue weighted by Crippen LogP contribution is -2.68. The van der Waals surface area contributed by atoms with Gasteiger partial charge in [0.1, 0.15) is 12.0 Å². The van der Waals surface area contributed by atoms with Gasteiger partial charge in [-0.15, -0.1) is 0 Å². The van der Waals surface area contributed by atoms with Crippen molar-refractivity contribution in [3.8, 4) is 5.75 Å². The first-order valence-corrected chi connectivity index (χ1v) is 10.8. The third-order valence-corrected chi connectivity index (χ3v) is 6.13. The number of hydrogen-bond donors (Lipinski definition) is 2. The zero-order chi connectivity index (χ0) is 19.9. The zero-order valence-electron chi connectivity index (χ0n) is 17.6. The van der Waals surface area contributed by atoms with Gasteiger partial charge in [0.25, 0.3) is 0 Å². The molecule has 3 rings (SSSR count). The number of nitrogens with zero attached hydrogens (tertiary/aromatic N) is 2. The number of piperazine rings is 1. The number of amides is 1. The molecule has 3 atom stereocenters. The maximum atomic E-state index is 12.7. The molecule has 0 bridgehead atoms. The first kappa shape index (κ1) is 20.9. The minimum atomic E-state index is -0.0487. The second-order valence-corrected chi connectivity index (χ2v) is 8.04. The third-order valence-electron chi connectivity index (χ3n) is 6.13. The normalized spacial score (nSPS) is 26.2. The number of carbonyl (C=O) groups excluding carboxylic acids is 1. The van der Waals surface area contributed by atoms with E-state index in [1.54, 1.807) is 7.11 Å². The van der Waals surface area contributed by atoms with Crippen LogP contribution in [-0.4, -0.2) is 56.4 Å². The van der Waals surface area contributed by atoms with Crippen LogP contribution in [0, 0.1) is 5.92 Å². The van der Waals surface area contributed by atoms with Crippen LogP contribution in [-0.2, 0) is 4.79 Å². The number of ether oxygens (including phenoxy) is 1. The summed E-state index contributed by atoms with van der Waals surface area (Å²) >= 11 is 0. The van der Waals surface area contributed by atoms with Crippen LogP contribution in [0.5, 0.6) is 5.75 Å². The van der Waals surface area contributed by atoms with Gasteiger partial charge in [-0.05, 0) is 37.6 Å². The van der Waals surface area contributed by atoms with Crippen molar-refractivity contribution in [1.29, 1.82) is 0 Å². The highest BCUT2D eigenvalue weighted by Crippen LogP contribution is 2.22. The number of nitrogens with one attached hydrogen (secondary N) is 2. The van der Waals surface area contributed by atoms with Crippen molar-refractivity contribution in [2.75, 3.05) is 38.2 Å². The standard InChI is InChI=1S/C22H36N4O2/c1-4-5-6-7-8-20-17(2)23-22(24-21(20)27)26-15-13-25(14-16-26)18-9-11-19(28-3)12-10-18/h9-12,17,20,22-23H,4-8,13-16H2,1-3H3,(H,24,27). The number of benzene rings is 1. The molecule has 6 nitrogen and oxygen atoms in total. The quantitative estimate of drug-likeness (QED) is 0.671. The molecule has 0 aliphatic carbocycles. The predicted molar refractivity (Wildman–Crippen MR) is 114 cm³/mol. The molecule has 2 heterocycles. The molecule has 156 valence electrons. The molecule has 0 spiro atoms. The van der Waals surface area contributed by atoms with Crippen molar-refractivity contribution in [3.05, 3.63) is 24.3 Å². The average Bonchev–Trinajstić information content (AvgIpc) is 2.73. The minimum absolute atomic E-state index is 0.0487. The van der Waals surface area contributed by atoms with E-state index in [-0.39, 0.29) is 24.2 Å². The Kier molecular flexibility index (Phi) is 7.57. The lowest BCUT2D eigenvalue weighted by molar-refractivity contribution is -0.132. The van der Waals surface area contributed by atoms with E-state index in [1.807, 2.05) is 12.1 Å². The Bertz CT molecular complexity index is 613. The second kappa shape index (κ2) is 10.1. The SMILES string of the molecule is CCCCCCC1C(=O)NC(N2CCN(c3ccc(OC)cc3)CC2)NC1C. The van der Waals surface area contributed by atoms with Crippen LogP contribution in [0.4, 0.5) is 5.69 Å². The molecule has 0 aromatic heterocycles. The molecule has 0 saturated carbocycles. The van der Waals surface area contributed by atoms with E-state index < -0.39 is 0 Å². The maximum absolute atomic E-state index is 12.7. The first-order valence-electron chi connectivity index (χ1n) is 10.8. The molecular weight excluding hydrogens is 352 g/mol. The summed E-state index contributed by atoms with van der Waals surface area (Å²) in [6, 6.07) is 8.46. The lowest BCUT2D eigenvalue weighted by Gasteiger charge is -2.45. The van der Waals surface area contributed by atoms with Gasteiger partial charge in [-0.25, -0.2) is 0 Å². The molecular formula is C22H36N4O2. The predicted octanol–water partition coefficient (Wildman–Crippen LogP) is 2.80. The van der Waals surface area contributed by atoms with Gasteiger partial charge in [-0.2, -0.15) is 0 Å². The largest absolute Gasteiger partial charge is 0.497 e. The summed E-state index contributed by atoms with van der Waals surface area (Å²) in [6.07, 6.45) is 5.80. The molecule has 3 unspecified atom stereocenters. The molecule has 2 aliphatic heterocycles. The fourth-order valence-electron chi connectivity index (χ4n) is 4.28. The van der Waals surface area contributed by atoms with Crippen LogP contribution in [0.15, 0.2) is 24.3 Å². The second-order valence-electron chi connectivity index (χ2n) is 8.04. The monoisotopic (exact) mass is 388 g/mol. The minimum Gasteiger partial charge on any atom is -0.497 e. The highest BCUT2D eigenvalue weighted by Gasteiger charge is 2.36. The Morgan fingerprint density at radius 2 is 1.79 bits per heavy atom. The molecule has 28 heavy (non-hydrogen) atoms. The third kappa shape index (κ3) is 5.17. The molecule has 1 aromatic rings. The number of hydrogen-bond acceptors (Lipinski definition) is 5. The smallest absolute Gasteiger partial charge is 0.226 e. The van der Waals surface area contributed by atoms with E-state index >= 15 is 0 Å². The summed E-state index contributed by atoms with van der Waals surface area (Å²) in [5, 5.41) is 6.85. The van der Waals surface area contributed by atoms with Gasteiger partial charge in [0.2, 0.25) is 5.91 Å². The first-order chi connectivity index (χ1) is 13.6. The summed E-state index contributed by atoms with van der Waals surface area (Å²) in [6.45, 7) is 8.14. The lowest BCUT2D eigenvalue weighted by atomic mass is 9.91. The number of anilines is 1. The van der Waals surface area contributed by atoms with Crippen LogP contribution < -0.4 is 20.3 Å². The Morgan fingerprint density at radius 3 is 2.39 bits per heavy atom. The number of unbranched alkanes of at least 4 members (excludes halogenated alkanes) is 3. The summed E-state index contributed by atoms with van der Waals surface area (Å²) in [5.74, 6) is 1.19. The Labute approximate surface area is 169 Å². The van der Waals surface area contributed by atoms with Crippen LogP contribution >= 0.6 is 0 Å². The number of carbonyl (C=O) groups is 1. The number of methoxy groups -OCH3 is 1. The fraction of sp³-hybridized carbons (Fsp3) is 0.682. The summed E-state index contributed by atoms with van der Waals surface area (Å²) in [7, 11) is 1.69. The van der Waals surface area contributed by atoms with Gasteiger partial charge in [0.15, 0.2) is 0 Å². The Morgan fingerprint density at radius 1 is 1.07 bits per heavy atom. The average molecular weight is 389 g/mol.